The highest BCUT2D eigenvalue weighted by Gasteiger charge is 2.36. The molecule has 0 saturated carbocycles. The van der Waals surface area contributed by atoms with Gasteiger partial charge in [-0.25, -0.2) is 0 Å². The summed E-state index contributed by atoms with van der Waals surface area (Å²) in [5, 5.41) is 4.69. The van der Waals surface area contributed by atoms with Crippen molar-refractivity contribution in [3.8, 4) is 0 Å². The Kier molecular flexibility index (Phi) is 3.42. The van der Waals surface area contributed by atoms with Crippen molar-refractivity contribution in [2.24, 2.45) is 0 Å². The summed E-state index contributed by atoms with van der Waals surface area (Å²) in [7, 11) is 0. The van der Waals surface area contributed by atoms with E-state index in [2.05, 4.69) is 59.7 Å². The molecule has 2 aromatic carbocycles. The number of fused-ring (bicyclic) bond motifs is 3. The molecule has 3 nitrogen and oxygen atoms in total. The molecule has 3 heteroatoms. The second-order valence-electron chi connectivity index (χ2n) is 7.18. The Morgan fingerprint density at radius 3 is 2.81 bits per heavy atom. The van der Waals surface area contributed by atoms with Crippen molar-refractivity contribution in [2.45, 2.75) is 32.1 Å². The largest absolute Gasteiger partial charge is 0.358 e. The van der Waals surface area contributed by atoms with Crippen LogP contribution >= 0.6 is 0 Å². The molecule has 26 heavy (non-hydrogen) atoms. The molecule has 2 heterocycles. The summed E-state index contributed by atoms with van der Waals surface area (Å²) < 4.78 is 0. The maximum absolute atomic E-state index is 13.0. The minimum atomic E-state index is -0.0249. The first-order valence-electron chi connectivity index (χ1n) is 9.20. The van der Waals surface area contributed by atoms with Crippen LogP contribution < -0.4 is 5.32 Å². The molecule has 3 aromatic rings. The number of pyridine rings is 1. The normalized spacial score (nSPS) is 19.1. The summed E-state index contributed by atoms with van der Waals surface area (Å²) >= 11 is 0. The van der Waals surface area contributed by atoms with E-state index in [1.165, 1.54) is 16.7 Å². The summed E-state index contributed by atoms with van der Waals surface area (Å²) in [6, 6.07) is 16.7. The van der Waals surface area contributed by atoms with Crippen LogP contribution in [0.5, 0.6) is 0 Å². The molecule has 0 amide bonds. The van der Waals surface area contributed by atoms with E-state index >= 15 is 0 Å². The van der Waals surface area contributed by atoms with Gasteiger partial charge in [0.05, 0.1) is 5.52 Å². The molecule has 0 bridgehead atoms. The highest BCUT2D eigenvalue weighted by Crippen LogP contribution is 2.48. The third-order valence-corrected chi connectivity index (χ3v) is 5.65. The van der Waals surface area contributed by atoms with Gasteiger partial charge in [0.25, 0.3) is 0 Å². The van der Waals surface area contributed by atoms with Crippen molar-refractivity contribution in [3.63, 3.8) is 0 Å². The molecular weight excluding hydrogens is 320 g/mol. The van der Waals surface area contributed by atoms with Crippen LogP contribution in [0.4, 0.5) is 5.69 Å². The van der Waals surface area contributed by atoms with Gasteiger partial charge in [0, 0.05) is 40.9 Å². The zero-order valence-electron chi connectivity index (χ0n) is 14.8. The number of anilines is 1. The third kappa shape index (κ3) is 2.20. The van der Waals surface area contributed by atoms with Gasteiger partial charge in [-0.2, -0.15) is 0 Å². The summed E-state index contributed by atoms with van der Waals surface area (Å²) in [6.07, 6.45) is 4.33. The fraction of sp³-hybridized carbons (Fsp3) is 0.217. The van der Waals surface area contributed by atoms with Crippen molar-refractivity contribution in [2.75, 3.05) is 5.32 Å². The molecule has 1 aliphatic heterocycles. The van der Waals surface area contributed by atoms with Gasteiger partial charge in [-0.3, -0.25) is 9.78 Å². The van der Waals surface area contributed by atoms with Crippen molar-refractivity contribution in [3.05, 3.63) is 82.7 Å². The zero-order chi connectivity index (χ0) is 17.7. The molecule has 5 rings (SSSR count). The predicted octanol–water partition coefficient (Wildman–Crippen LogP) is 5.11. The van der Waals surface area contributed by atoms with Crippen LogP contribution in [-0.4, -0.2) is 10.8 Å². The van der Waals surface area contributed by atoms with E-state index in [0.29, 0.717) is 6.42 Å². The Morgan fingerprint density at radius 2 is 1.92 bits per heavy atom. The molecule has 0 radical (unpaired) electrons. The van der Waals surface area contributed by atoms with Crippen LogP contribution in [0.3, 0.4) is 0 Å². The maximum Gasteiger partial charge on any atom is 0.161 e. The fourth-order valence-electron chi connectivity index (χ4n) is 4.45. The quantitative estimate of drug-likeness (QED) is 0.669. The molecule has 0 fully saturated rings. The number of hydrogen-bond acceptors (Lipinski definition) is 3. The number of allylic oxidation sites excluding steroid dienone is 2. The molecular formula is C23H20N2O. The van der Waals surface area contributed by atoms with Crippen LogP contribution in [0.25, 0.3) is 10.9 Å². The first kappa shape index (κ1) is 15.3. The highest BCUT2D eigenvalue weighted by atomic mass is 16.1. The second-order valence-corrected chi connectivity index (χ2v) is 7.18. The number of hydrogen-bond donors (Lipinski definition) is 1. The number of carbonyl (C=O) groups excluding carboxylic acids is 1. The first-order valence-corrected chi connectivity index (χ1v) is 9.20. The number of aromatic nitrogens is 1. The van der Waals surface area contributed by atoms with Gasteiger partial charge in [-0.1, -0.05) is 30.3 Å². The SMILES string of the molecule is Cc1ccccc1[C@H]1C2=C(CCCC2=O)Nc2ccc3ncccc3c21. The fourth-order valence-corrected chi connectivity index (χ4v) is 4.45. The summed E-state index contributed by atoms with van der Waals surface area (Å²) in [6.45, 7) is 2.13. The average Bonchev–Trinajstić information content (AvgIpc) is 2.67. The maximum atomic E-state index is 13.0. The lowest BCUT2D eigenvalue weighted by molar-refractivity contribution is -0.116. The standard InChI is InChI=1S/C23H20N2O/c1-14-6-2-3-7-15(14)22-21-16-8-5-13-24-17(16)11-12-19(21)25-18-9-4-10-20(26)23(18)22/h2-3,5-8,11-13,22,25H,4,9-10H2,1H3/t22-/m1/s1. The lowest BCUT2D eigenvalue weighted by Crippen LogP contribution is -2.27. The Hall–Kier alpha value is -2.94. The predicted molar refractivity (Wildman–Crippen MR) is 104 cm³/mol. The third-order valence-electron chi connectivity index (χ3n) is 5.65. The number of nitrogens with zero attached hydrogens (tertiary/aromatic N) is 1. The lowest BCUT2D eigenvalue weighted by atomic mass is 9.73. The molecule has 0 spiro atoms. The topological polar surface area (TPSA) is 42.0 Å². The number of Topliss-reactive ketones (excluding diaryl/α,β-unsaturated/α-hetero) is 1. The molecule has 2 aliphatic rings. The Morgan fingerprint density at radius 1 is 1.04 bits per heavy atom. The minimum absolute atomic E-state index is 0.0249. The van der Waals surface area contributed by atoms with Gasteiger partial charge >= 0.3 is 0 Å². The van der Waals surface area contributed by atoms with Gasteiger partial charge in [0.1, 0.15) is 0 Å². The molecule has 1 aliphatic carbocycles. The lowest BCUT2D eigenvalue weighted by Gasteiger charge is -2.35. The van der Waals surface area contributed by atoms with Crippen molar-refractivity contribution < 1.29 is 4.79 Å². The first-order chi connectivity index (χ1) is 12.7. The van der Waals surface area contributed by atoms with Crippen LogP contribution in [-0.2, 0) is 4.79 Å². The Bertz CT molecular complexity index is 1080. The molecule has 128 valence electrons. The van der Waals surface area contributed by atoms with Crippen molar-refractivity contribution >= 4 is 22.4 Å². The van der Waals surface area contributed by atoms with E-state index < -0.39 is 0 Å². The van der Waals surface area contributed by atoms with E-state index in [9.17, 15) is 4.79 Å². The summed E-state index contributed by atoms with van der Waals surface area (Å²) in [5.41, 5.74) is 7.75. The van der Waals surface area contributed by atoms with Gasteiger partial charge in [0.2, 0.25) is 0 Å². The van der Waals surface area contributed by atoms with E-state index in [1.54, 1.807) is 0 Å². The Balaban J connectivity index is 1.87. The Labute approximate surface area is 152 Å². The van der Waals surface area contributed by atoms with Crippen LogP contribution in [0, 0.1) is 6.92 Å². The van der Waals surface area contributed by atoms with Crippen LogP contribution in [0.1, 0.15) is 41.9 Å². The van der Waals surface area contributed by atoms with Gasteiger partial charge in [-0.05, 0) is 54.7 Å². The molecule has 1 atom stereocenters. The van der Waals surface area contributed by atoms with Crippen molar-refractivity contribution in [1.82, 2.24) is 4.98 Å². The van der Waals surface area contributed by atoms with E-state index in [0.717, 1.165) is 40.7 Å². The smallest absolute Gasteiger partial charge is 0.161 e. The number of nitrogens with one attached hydrogen (secondary N) is 1. The second kappa shape index (κ2) is 5.80. The van der Waals surface area contributed by atoms with Gasteiger partial charge in [-0.15, -0.1) is 0 Å². The monoisotopic (exact) mass is 340 g/mol. The number of rotatable bonds is 1. The van der Waals surface area contributed by atoms with E-state index in [-0.39, 0.29) is 11.7 Å². The van der Waals surface area contributed by atoms with Gasteiger partial charge in [0.15, 0.2) is 5.78 Å². The average molecular weight is 340 g/mol. The van der Waals surface area contributed by atoms with E-state index in [4.69, 9.17) is 0 Å². The number of ketones is 1. The van der Waals surface area contributed by atoms with Crippen molar-refractivity contribution in [1.29, 1.82) is 0 Å². The van der Waals surface area contributed by atoms with E-state index in [1.807, 2.05) is 12.3 Å². The van der Waals surface area contributed by atoms with Crippen LogP contribution in [0.2, 0.25) is 0 Å². The highest BCUT2D eigenvalue weighted by molar-refractivity contribution is 6.03. The number of benzene rings is 2. The number of carbonyl (C=O) groups is 1. The zero-order valence-corrected chi connectivity index (χ0v) is 14.8. The van der Waals surface area contributed by atoms with Crippen LogP contribution in [0.15, 0.2) is 66.0 Å². The van der Waals surface area contributed by atoms with Gasteiger partial charge < -0.3 is 5.32 Å². The minimum Gasteiger partial charge on any atom is -0.358 e. The summed E-state index contributed by atoms with van der Waals surface area (Å²) in [5.74, 6) is 0.252. The molecule has 0 unspecified atom stereocenters. The molecule has 1 aromatic heterocycles. The summed E-state index contributed by atoms with van der Waals surface area (Å²) in [4.78, 5) is 17.5. The molecule has 1 N–H and O–H groups in total. The molecule has 0 saturated heterocycles. The number of aryl methyl sites for hydroxylation is 1.